The molecule has 0 radical (unpaired) electrons. The molecule has 142 valence electrons. The second kappa shape index (κ2) is 7.93. The lowest BCUT2D eigenvalue weighted by Gasteiger charge is -2.28. The summed E-state index contributed by atoms with van der Waals surface area (Å²) in [4.78, 5) is 12.9. The zero-order chi connectivity index (χ0) is 18.8. The largest absolute Gasteiger partial charge is 0.488 e. The first-order valence-electron chi connectivity index (χ1n) is 9.87. The molecule has 2 aromatic rings. The van der Waals surface area contributed by atoms with E-state index in [0.29, 0.717) is 28.9 Å². The number of fused-ring (bicyclic) bond motifs is 2. The summed E-state index contributed by atoms with van der Waals surface area (Å²) in [5.74, 6) is 2.87. The molecule has 2 fully saturated rings. The summed E-state index contributed by atoms with van der Waals surface area (Å²) in [6.45, 7) is 2.56. The van der Waals surface area contributed by atoms with Gasteiger partial charge in [0.25, 0.3) is 5.91 Å². The third kappa shape index (κ3) is 4.14. The molecule has 2 bridgehead atoms. The smallest absolute Gasteiger partial charge is 0.255 e. The molecule has 2 aliphatic carbocycles. The van der Waals surface area contributed by atoms with E-state index < -0.39 is 0 Å². The molecule has 1 N–H and O–H groups in total. The molecule has 4 atom stereocenters. The van der Waals surface area contributed by atoms with Crippen LogP contribution in [0.3, 0.4) is 0 Å². The molecule has 27 heavy (non-hydrogen) atoms. The second-order valence-corrected chi connectivity index (χ2v) is 8.45. The molecule has 4 rings (SSSR count). The molecule has 0 unspecified atom stereocenters. The molecule has 2 aliphatic rings. The maximum absolute atomic E-state index is 12.9. The van der Waals surface area contributed by atoms with Crippen molar-refractivity contribution in [1.29, 1.82) is 0 Å². The van der Waals surface area contributed by atoms with E-state index in [1.165, 1.54) is 25.7 Å². The molecule has 3 nitrogen and oxygen atoms in total. The van der Waals surface area contributed by atoms with Gasteiger partial charge in [-0.2, -0.15) is 0 Å². The summed E-state index contributed by atoms with van der Waals surface area (Å²) in [5.41, 5.74) is 1.62. The second-order valence-electron chi connectivity index (χ2n) is 8.01. The Hall–Kier alpha value is -2.00. The van der Waals surface area contributed by atoms with Crippen molar-refractivity contribution in [3.05, 3.63) is 64.7 Å². The Balaban J connectivity index is 1.40. The van der Waals surface area contributed by atoms with Crippen LogP contribution in [0.25, 0.3) is 0 Å². The summed E-state index contributed by atoms with van der Waals surface area (Å²) in [6, 6.07) is 15.2. The van der Waals surface area contributed by atoms with Crippen molar-refractivity contribution in [3.63, 3.8) is 0 Å². The van der Waals surface area contributed by atoms with Gasteiger partial charge >= 0.3 is 0 Å². The summed E-state index contributed by atoms with van der Waals surface area (Å²) in [6.07, 6.45) is 5.33. The minimum Gasteiger partial charge on any atom is -0.488 e. The predicted octanol–water partition coefficient (Wildman–Crippen LogP) is 5.47. The maximum Gasteiger partial charge on any atom is 0.255 e. The minimum absolute atomic E-state index is 0.0445. The van der Waals surface area contributed by atoms with Gasteiger partial charge in [0.15, 0.2) is 0 Å². The van der Waals surface area contributed by atoms with Crippen LogP contribution in [0, 0.1) is 17.8 Å². The maximum atomic E-state index is 12.9. The first-order chi connectivity index (χ1) is 13.1. The van der Waals surface area contributed by atoms with Crippen molar-refractivity contribution in [3.8, 4) is 5.75 Å². The minimum atomic E-state index is -0.0445. The third-order valence-corrected chi connectivity index (χ3v) is 6.49. The molecule has 0 spiro atoms. The number of rotatable bonds is 6. The van der Waals surface area contributed by atoms with Crippen LogP contribution in [-0.2, 0) is 6.61 Å². The van der Waals surface area contributed by atoms with Crippen LogP contribution in [-0.4, -0.2) is 11.9 Å². The van der Waals surface area contributed by atoms with E-state index in [-0.39, 0.29) is 11.9 Å². The lowest BCUT2D eigenvalue weighted by molar-refractivity contribution is 0.0910. The monoisotopic (exact) mass is 383 g/mol. The molecular weight excluding hydrogens is 358 g/mol. The van der Waals surface area contributed by atoms with Crippen molar-refractivity contribution in [2.45, 2.75) is 45.3 Å². The third-order valence-electron chi connectivity index (χ3n) is 6.23. The van der Waals surface area contributed by atoms with Crippen molar-refractivity contribution >= 4 is 17.5 Å². The average molecular weight is 384 g/mol. The number of hydrogen-bond donors (Lipinski definition) is 1. The van der Waals surface area contributed by atoms with E-state index in [0.717, 1.165) is 17.4 Å². The van der Waals surface area contributed by atoms with Gasteiger partial charge in [0.05, 0.1) is 5.56 Å². The Kier molecular flexibility index (Phi) is 5.40. The molecular formula is C23H26ClNO2. The highest BCUT2D eigenvalue weighted by atomic mass is 35.5. The summed E-state index contributed by atoms with van der Waals surface area (Å²) < 4.78 is 5.94. The number of ether oxygens (including phenoxy) is 1. The molecule has 2 aromatic carbocycles. The van der Waals surface area contributed by atoms with Crippen LogP contribution in [0.15, 0.2) is 48.5 Å². The van der Waals surface area contributed by atoms with E-state index in [4.69, 9.17) is 16.3 Å². The molecule has 0 heterocycles. The van der Waals surface area contributed by atoms with E-state index >= 15 is 0 Å². The fraction of sp³-hybridized carbons (Fsp3) is 0.435. The van der Waals surface area contributed by atoms with Crippen LogP contribution in [0.2, 0.25) is 5.02 Å². The van der Waals surface area contributed by atoms with Gasteiger partial charge in [-0.3, -0.25) is 4.79 Å². The quantitative estimate of drug-likeness (QED) is 0.717. The molecule has 0 aliphatic heterocycles. The highest BCUT2D eigenvalue weighted by Gasteiger charge is 2.42. The normalized spacial score (nSPS) is 24.6. The zero-order valence-corrected chi connectivity index (χ0v) is 16.4. The van der Waals surface area contributed by atoms with Crippen LogP contribution >= 0.6 is 11.6 Å². The summed E-state index contributed by atoms with van der Waals surface area (Å²) >= 11 is 5.93. The SMILES string of the molecule is C[C@@H](NC(=O)c1ccccc1OCc1ccc(Cl)cc1)[C@H]1C[C@H]2CC[C@H]1C2. The van der Waals surface area contributed by atoms with Gasteiger partial charge < -0.3 is 10.1 Å². The van der Waals surface area contributed by atoms with E-state index in [1.807, 2.05) is 48.5 Å². The van der Waals surface area contributed by atoms with E-state index in [2.05, 4.69) is 12.2 Å². The number of hydrogen-bond acceptors (Lipinski definition) is 2. The molecule has 1 amide bonds. The number of carbonyl (C=O) groups excluding carboxylic acids is 1. The standard InChI is InChI=1S/C23H26ClNO2/c1-15(21-13-17-6-9-18(21)12-17)25-23(26)20-4-2-3-5-22(20)27-14-16-7-10-19(24)11-8-16/h2-5,7-8,10-11,15,17-18,21H,6,9,12-14H2,1H3,(H,25,26)/t15-,17+,18+,21-/m1/s1. The zero-order valence-electron chi connectivity index (χ0n) is 15.7. The number of carbonyl (C=O) groups is 1. The van der Waals surface area contributed by atoms with Crippen molar-refractivity contribution in [2.75, 3.05) is 0 Å². The van der Waals surface area contributed by atoms with Gasteiger partial charge in [-0.25, -0.2) is 0 Å². The van der Waals surface area contributed by atoms with Crippen molar-refractivity contribution in [1.82, 2.24) is 5.32 Å². The number of amides is 1. The molecule has 0 saturated heterocycles. The number of nitrogens with one attached hydrogen (secondary N) is 1. The number of para-hydroxylation sites is 1. The Labute approximate surface area is 166 Å². The Bertz CT molecular complexity index is 804. The Morgan fingerprint density at radius 2 is 1.93 bits per heavy atom. The lowest BCUT2D eigenvalue weighted by Crippen LogP contribution is -2.40. The fourth-order valence-electron chi connectivity index (χ4n) is 4.82. The van der Waals surface area contributed by atoms with Gasteiger partial charge in [-0.05, 0) is 73.8 Å². The topological polar surface area (TPSA) is 38.3 Å². The van der Waals surface area contributed by atoms with Crippen LogP contribution in [0.4, 0.5) is 0 Å². The molecule has 2 saturated carbocycles. The number of benzene rings is 2. The number of halogens is 1. The van der Waals surface area contributed by atoms with Gasteiger partial charge in [-0.1, -0.05) is 42.3 Å². The molecule has 0 aromatic heterocycles. The van der Waals surface area contributed by atoms with E-state index in [9.17, 15) is 4.79 Å². The Morgan fingerprint density at radius 3 is 2.63 bits per heavy atom. The average Bonchev–Trinajstić information content (AvgIpc) is 3.31. The highest BCUT2D eigenvalue weighted by molar-refractivity contribution is 6.30. The fourth-order valence-corrected chi connectivity index (χ4v) is 4.95. The van der Waals surface area contributed by atoms with Crippen LogP contribution in [0.1, 0.15) is 48.5 Å². The first-order valence-corrected chi connectivity index (χ1v) is 10.2. The van der Waals surface area contributed by atoms with Gasteiger partial charge in [0.2, 0.25) is 0 Å². The summed E-state index contributed by atoms with van der Waals surface area (Å²) in [7, 11) is 0. The highest BCUT2D eigenvalue weighted by Crippen LogP contribution is 2.49. The van der Waals surface area contributed by atoms with Crippen molar-refractivity contribution < 1.29 is 9.53 Å². The first kappa shape index (κ1) is 18.4. The molecule has 4 heteroatoms. The Morgan fingerprint density at radius 1 is 1.15 bits per heavy atom. The van der Waals surface area contributed by atoms with Crippen LogP contribution in [0.5, 0.6) is 5.75 Å². The van der Waals surface area contributed by atoms with Gasteiger partial charge in [0.1, 0.15) is 12.4 Å². The summed E-state index contributed by atoms with van der Waals surface area (Å²) in [5, 5.41) is 3.93. The van der Waals surface area contributed by atoms with E-state index in [1.54, 1.807) is 0 Å². The van der Waals surface area contributed by atoms with Gasteiger partial charge in [-0.15, -0.1) is 0 Å². The van der Waals surface area contributed by atoms with Crippen molar-refractivity contribution in [2.24, 2.45) is 17.8 Å². The van der Waals surface area contributed by atoms with Gasteiger partial charge in [0, 0.05) is 11.1 Å². The van der Waals surface area contributed by atoms with Crippen LogP contribution < -0.4 is 10.1 Å². The lowest BCUT2D eigenvalue weighted by atomic mass is 9.84. The predicted molar refractivity (Wildman–Crippen MR) is 108 cm³/mol.